The maximum absolute atomic E-state index is 12.9. The fraction of sp³-hybridized carbons (Fsp3) is 1.00. The highest BCUT2D eigenvalue weighted by Gasteiger charge is 2.40. The lowest BCUT2D eigenvalue weighted by Crippen LogP contribution is -2.47. The van der Waals surface area contributed by atoms with Crippen LogP contribution in [0.3, 0.4) is 0 Å². The first-order valence-corrected chi connectivity index (χ1v) is 5.59. The predicted octanol–water partition coefficient (Wildman–Crippen LogP) is 1.92. The van der Waals surface area contributed by atoms with Gasteiger partial charge in [0.2, 0.25) is 0 Å². The van der Waals surface area contributed by atoms with Gasteiger partial charge in [-0.25, -0.2) is 8.78 Å². The molecule has 0 amide bonds. The molecule has 0 radical (unpaired) electrons. The zero-order valence-electron chi connectivity index (χ0n) is 8.99. The summed E-state index contributed by atoms with van der Waals surface area (Å²) in [6.45, 7) is 0.869. The van der Waals surface area contributed by atoms with Crippen molar-refractivity contribution in [2.24, 2.45) is 5.92 Å². The molecule has 0 aromatic carbocycles. The smallest absolute Gasteiger partial charge is 0.297 e. The standard InChI is InChI=1S/C10H16F4N2/c11-9(12)3-4-16(7-9)6-8-1-2-10(13,14)15-5-8/h8,15H,1-7H2. The molecule has 0 bridgehead atoms. The highest BCUT2D eigenvalue weighted by molar-refractivity contribution is 4.85. The van der Waals surface area contributed by atoms with Crippen LogP contribution in [-0.2, 0) is 0 Å². The number of rotatable bonds is 2. The van der Waals surface area contributed by atoms with Crippen LogP contribution in [0.4, 0.5) is 17.6 Å². The van der Waals surface area contributed by atoms with Crippen LogP contribution in [-0.4, -0.2) is 43.0 Å². The molecular weight excluding hydrogens is 224 g/mol. The molecule has 0 aromatic rings. The van der Waals surface area contributed by atoms with Gasteiger partial charge in [0, 0.05) is 32.5 Å². The molecule has 2 rings (SSSR count). The first-order chi connectivity index (χ1) is 7.36. The van der Waals surface area contributed by atoms with Crippen LogP contribution in [0.1, 0.15) is 19.3 Å². The Morgan fingerprint density at radius 3 is 2.44 bits per heavy atom. The van der Waals surface area contributed by atoms with Gasteiger partial charge in [0.05, 0.1) is 6.54 Å². The van der Waals surface area contributed by atoms with Crippen LogP contribution >= 0.6 is 0 Å². The molecule has 2 aliphatic rings. The van der Waals surface area contributed by atoms with Crippen molar-refractivity contribution in [2.75, 3.05) is 26.2 Å². The van der Waals surface area contributed by atoms with Gasteiger partial charge in [0.25, 0.3) is 5.92 Å². The molecule has 1 atom stereocenters. The second kappa shape index (κ2) is 4.14. The maximum atomic E-state index is 12.9. The Labute approximate surface area is 92.0 Å². The van der Waals surface area contributed by atoms with E-state index in [1.54, 1.807) is 4.90 Å². The molecule has 2 saturated heterocycles. The number of hydrogen-bond donors (Lipinski definition) is 1. The number of halogens is 4. The summed E-state index contributed by atoms with van der Waals surface area (Å²) < 4.78 is 51.3. The second-order valence-corrected chi connectivity index (χ2v) is 4.83. The summed E-state index contributed by atoms with van der Waals surface area (Å²) in [7, 11) is 0. The maximum Gasteiger partial charge on any atom is 0.302 e. The summed E-state index contributed by atoms with van der Waals surface area (Å²) in [5, 5.41) is 2.16. The molecule has 0 aliphatic carbocycles. The van der Waals surface area contributed by atoms with E-state index < -0.39 is 12.0 Å². The third-order valence-electron chi connectivity index (χ3n) is 3.28. The quantitative estimate of drug-likeness (QED) is 0.586. The van der Waals surface area contributed by atoms with Crippen molar-refractivity contribution in [3.63, 3.8) is 0 Å². The average Bonchev–Trinajstić information content (AvgIpc) is 2.50. The molecule has 2 nitrogen and oxygen atoms in total. The zero-order chi connectivity index (χ0) is 11.8. The number of hydrogen-bond acceptors (Lipinski definition) is 2. The summed E-state index contributed by atoms with van der Waals surface area (Å²) in [6.07, 6.45) is 0.104. The van der Waals surface area contributed by atoms with Gasteiger partial charge in [0.15, 0.2) is 0 Å². The number of likely N-dealkylation sites (tertiary alicyclic amines) is 1. The van der Waals surface area contributed by atoms with Gasteiger partial charge in [-0.3, -0.25) is 10.2 Å². The predicted molar refractivity (Wildman–Crippen MR) is 51.7 cm³/mol. The van der Waals surface area contributed by atoms with E-state index in [9.17, 15) is 17.6 Å². The fourth-order valence-corrected chi connectivity index (χ4v) is 2.35. The number of alkyl halides is 4. The van der Waals surface area contributed by atoms with Crippen molar-refractivity contribution in [1.29, 1.82) is 0 Å². The zero-order valence-corrected chi connectivity index (χ0v) is 8.99. The minimum Gasteiger partial charge on any atom is -0.297 e. The van der Waals surface area contributed by atoms with E-state index in [0.29, 0.717) is 19.5 Å². The molecule has 0 aromatic heterocycles. The lowest BCUT2D eigenvalue weighted by molar-refractivity contribution is -0.0707. The van der Waals surface area contributed by atoms with E-state index in [-0.39, 0.29) is 31.8 Å². The van der Waals surface area contributed by atoms with E-state index in [1.807, 2.05) is 0 Å². The van der Waals surface area contributed by atoms with Crippen LogP contribution in [0, 0.1) is 5.92 Å². The highest BCUT2D eigenvalue weighted by Crippen LogP contribution is 2.30. The Morgan fingerprint density at radius 1 is 1.19 bits per heavy atom. The largest absolute Gasteiger partial charge is 0.302 e. The number of nitrogens with zero attached hydrogens (tertiary/aromatic N) is 1. The van der Waals surface area contributed by atoms with E-state index in [0.717, 1.165) is 0 Å². The van der Waals surface area contributed by atoms with Crippen LogP contribution < -0.4 is 5.32 Å². The lowest BCUT2D eigenvalue weighted by Gasteiger charge is -2.31. The van der Waals surface area contributed by atoms with Gasteiger partial charge in [-0.05, 0) is 12.3 Å². The SMILES string of the molecule is FC1(F)CCN(CC2CCC(F)(F)NC2)C1. The van der Waals surface area contributed by atoms with Crippen LogP contribution in [0.5, 0.6) is 0 Å². The topological polar surface area (TPSA) is 15.3 Å². The number of nitrogens with one attached hydrogen (secondary N) is 1. The normalized spacial score (nSPS) is 34.1. The van der Waals surface area contributed by atoms with Crippen molar-refractivity contribution in [1.82, 2.24) is 10.2 Å². The van der Waals surface area contributed by atoms with Gasteiger partial charge in [0.1, 0.15) is 0 Å². The van der Waals surface area contributed by atoms with Crippen molar-refractivity contribution < 1.29 is 17.6 Å². The summed E-state index contributed by atoms with van der Waals surface area (Å²) >= 11 is 0. The summed E-state index contributed by atoms with van der Waals surface area (Å²) in [6, 6.07) is -2.77. The van der Waals surface area contributed by atoms with Gasteiger partial charge in [-0.15, -0.1) is 0 Å². The van der Waals surface area contributed by atoms with E-state index in [1.165, 1.54) is 0 Å². The summed E-state index contributed by atoms with van der Waals surface area (Å²) in [4.78, 5) is 1.68. The monoisotopic (exact) mass is 240 g/mol. The molecular formula is C10H16F4N2. The number of piperidine rings is 1. The summed E-state index contributed by atoms with van der Waals surface area (Å²) in [5.74, 6) is -2.53. The molecule has 16 heavy (non-hydrogen) atoms. The minimum absolute atomic E-state index is 0.0634. The van der Waals surface area contributed by atoms with Crippen LogP contribution in [0.25, 0.3) is 0 Å². The third kappa shape index (κ3) is 3.07. The Hall–Kier alpha value is -0.360. The van der Waals surface area contributed by atoms with Crippen molar-refractivity contribution in [3.05, 3.63) is 0 Å². The van der Waals surface area contributed by atoms with Gasteiger partial charge < -0.3 is 0 Å². The van der Waals surface area contributed by atoms with Crippen molar-refractivity contribution in [3.8, 4) is 0 Å². The van der Waals surface area contributed by atoms with Crippen molar-refractivity contribution in [2.45, 2.75) is 31.2 Å². The summed E-state index contributed by atoms with van der Waals surface area (Å²) in [5.41, 5.74) is 0. The first kappa shape index (κ1) is 12.1. The lowest BCUT2D eigenvalue weighted by atomic mass is 9.98. The molecule has 0 saturated carbocycles. The highest BCUT2D eigenvalue weighted by atomic mass is 19.3. The second-order valence-electron chi connectivity index (χ2n) is 4.83. The Morgan fingerprint density at radius 2 is 1.94 bits per heavy atom. The Bertz CT molecular complexity index is 247. The molecule has 1 unspecified atom stereocenters. The molecule has 2 aliphatic heterocycles. The fourth-order valence-electron chi connectivity index (χ4n) is 2.35. The van der Waals surface area contributed by atoms with Gasteiger partial charge in [-0.2, -0.15) is 8.78 Å². The first-order valence-electron chi connectivity index (χ1n) is 5.59. The molecule has 6 heteroatoms. The average molecular weight is 240 g/mol. The molecule has 2 heterocycles. The molecule has 0 spiro atoms. The van der Waals surface area contributed by atoms with E-state index in [4.69, 9.17) is 0 Å². The van der Waals surface area contributed by atoms with Crippen LogP contribution in [0.2, 0.25) is 0 Å². The van der Waals surface area contributed by atoms with Crippen LogP contribution in [0.15, 0.2) is 0 Å². The van der Waals surface area contributed by atoms with Gasteiger partial charge >= 0.3 is 6.05 Å². The molecule has 94 valence electrons. The molecule has 2 fully saturated rings. The van der Waals surface area contributed by atoms with Crippen molar-refractivity contribution >= 4 is 0 Å². The molecule has 1 N–H and O–H groups in total. The van der Waals surface area contributed by atoms with E-state index in [2.05, 4.69) is 5.32 Å². The third-order valence-corrected chi connectivity index (χ3v) is 3.28. The Kier molecular flexibility index (Phi) is 3.13. The van der Waals surface area contributed by atoms with E-state index >= 15 is 0 Å². The van der Waals surface area contributed by atoms with Gasteiger partial charge in [-0.1, -0.05) is 0 Å². The minimum atomic E-state index is -2.77. The Balaban J connectivity index is 1.76.